The molecule has 0 spiro atoms. The van der Waals surface area contributed by atoms with Crippen LogP contribution in [0.1, 0.15) is 12.6 Å². The van der Waals surface area contributed by atoms with Gasteiger partial charge in [-0.15, -0.1) is 0 Å². The summed E-state index contributed by atoms with van der Waals surface area (Å²) in [6.07, 6.45) is 3.63. The van der Waals surface area contributed by atoms with Crippen LogP contribution < -0.4 is 10.6 Å². The van der Waals surface area contributed by atoms with E-state index < -0.39 is 0 Å². The molecule has 0 atom stereocenters. The summed E-state index contributed by atoms with van der Waals surface area (Å²) in [4.78, 5) is 25.4. The summed E-state index contributed by atoms with van der Waals surface area (Å²) >= 11 is 1.44. The van der Waals surface area contributed by atoms with Crippen molar-refractivity contribution in [3.63, 3.8) is 0 Å². The molecule has 0 saturated heterocycles. The standard InChI is InChI=1S/C21H19N5OS/c1-3-22-20(27)26-21-25-18-11-15(14-8-7-13(2)24-12-14)10-16(19(18)28-21)17-6-4-5-9-23-17/h4-12H,3H2,1-2H3,(H2,22,25,26,27). The molecule has 2 N–H and O–H groups in total. The molecule has 0 unspecified atom stereocenters. The number of benzene rings is 1. The minimum Gasteiger partial charge on any atom is -0.338 e. The van der Waals surface area contributed by atoms with E-state index in [1.807, 2.05) is 56.4 Å². The fourth-order valence-electron chi connectivity index (χ4n) is 2.91. The number of thiazole rings is 1. The normalized spacial score (nSPS) is 10.8. The zero-order chi connectivity index (χ0) is 19.5. The van der Waals surface area contributed by atoms with E-state index in [4.69, 9.17) is 0 Å². The number of carbonyl (C=O) groups excluding carboxylic acids is 1. The number of anilines is 1. The van der Waals surface area contributed by atoms with E-state index in [1.165, 1.54) is 11.3 Å². The Morgan fingerprint density at radius 1 is 1.11 bits per heavy atom. The van der Waals surface area contributed by atoms with Gasteiger partial charge in [0.1, 0.15) is 0 Å². The van der Waals surface area contributed by atoms with Crippen molar-refractivity contribution in [2.24, 2.45) is 0 Å². The smallest absolute Gasteiger partial charge is 0.321 e. The third kappa shape index (κ3) is 3.70. The summed E-state index contributed by atoms with van der Waals surface area (Å²) in [5.41, 5.74) is 5.65. The summed E-state index contributed by atoms with van der Waals surface area (Å²) in [6, 6.07) is 13.7. The minimum atomic E-state index is -0.260. The maximum Gasteiger partial charge on any atom is 0.321 e. The van der Waals surface area contributed by atoms with Gasteiger partial charge in [0.05, 0.1) is 15.9 Å². The molecule has 0 radical (unpaired) electrons. The second-order valence-electron chi connectivity index (χ2n) is 6.28. The van der Waals surface area contributed by atoms with Crippen molar-refractivity contribution >= 4 is 32.7 Å². The number of aromatic nitrogens is 3. The topological polar surface area (TPSA) is 79.8 Å². The Bertz CT molecular complexity index is 1120. The number of fused-ring (bicyclic) bond motifs is 1. The molecule has 4 aromatic rings. The zero-order valence-corrected chi connectivity index (χ0v) is 16.4. The number of nitrogens with zero attached hydrogens (tertiary/aromatic N) is 3. The van der Waals surface area contributed by atoms with E-state index in [0.717, 1.165) is 38.3 Å². The second kappa shape index (κ2) is 7.74. The highest BCUT2D eigenvalue weighted by Gasteiger charge is 2.15. The number of hydrogen-bond donors (Lipinski definition) is 2. The second-order valence-corrected chi connectivity index (χ2v) is 7.28. The molecule has 3 aromatic heterocycles. The molecule has 1 aromatic carbocycles. The molecule has 0 aliphatic rings. The summed E-state index contributed by atoms with van der Waals surface area (Å²) in [5, 5.41) is 6.08. The number of carbonyl (C=O) groups is 1. The van der Waals surface area contributed by atoms with Crippen molar-refractivity contribution in [3.05, 3.63) is 60.6 Å². The monoisotopic (exact) mass is 389 g/mol. The third-order valence-corrected chi connectivity index (χ3v) is 5.25. The SMILES string of the molecule is CCNC(=O)Nc1nc2cc(-c3ccc(C)nc3)cc(-c3ccccn3)c2s1. The molecule has 7 heteroatoms. The Labute approximate surface area is 166 Å². The van der Waals surface area contributed by atoms with Gasteiger partial charge in [0.2, 0.25) is 0 Å². The van der Waals surface area contributed by atoms with E-state index in [9.17, 15) is 4.79 Å². The van der Waals surface area contributed by atoms with Gasteiger partial charge in [0.25, 0.3) is 0 Å². The highest BCUT2D eigenvalue weighted by atomic mass is 32.1. The molecule has 2 amide bonds. The predicted octanol–water partition coefficient (Wildman–Crippen LogP) is 4.87. The van der Waals surface area contributed by atoms with Crippen LogP contribution in [0.5, 0.6) is 0 Å². The summed E-state index contributed by atoms with van der Waals surface area (Å²) in [7, 11) is 0. The number of rotatable bonds is 4. The molecule has 3 heterocycles. The van der Waals surface area contributed by atoms with Crippen molar-refractivity contribution in [2.45, 2.75) is 13.8 Å². The van der Waals surface area contributed by atoms with Crippen molar-refractivity contribution in [1.29, 1.82) is 0 Å². The summed E-state index contributed by atoms with van der Waals surface area (Å²) in [6.45, 7) is 4.39. The Morgan fingerprint density at radius 2 is 2.00 bits per heavy atom. The Kier molecular flexibility index (Phi) is 4.99. The number of aryl methyl sites for hydroxylation is 1. The van der Waals surface area contributed by atoms with Gasteiger partial charge >= 0.3 is 6.03 Å². The number of pyridine rings is 2. The zero-order valence-electron chi connectivity index (χ0n) is 15.6. The average molecular weight is 389 g/mol. The lowest BCUT2D eigenvalue weighted by atomic mass is 10.0. The van der Waals surface area contributed by atoms with Gasteiger partial charge in [-0.25, -0.2) is 9.78 Å². The predicted molar refractivity (Wildman–Crippen MR) is 114 cm³/mol. The van der Waals surface area contributed by atoms with Crippen LogP contribution in [-0.4, -0.2) is 27.5 Å². The maximum atomic E-state index is 11.9. The van der Waals surface area contributed by atoms with Crippen LogP contribution in [0.2, 0.25) is 0 Å². The van der Waals surface area contributed by atoms with E-state index in [-0.39, 0.29) is 6.03 Å². The lowest BCUT2D eigenvalue weighted by Gasteiger charge is -2.07. The number of urea groups is 1. The van der Waals surface area contributed by atoms with Crippen LogP contribution in [0.15, 0.2) is 54.9 Å². The number of amides is 2. The highest BCUT2D eigenvalue weighted by molar-refractivity contribution is 7.22. The van der Waals surface area contributed by atoms with E-state index in [0.29, 0.717) is 11.7 Å². The molecule has 140 valence electrons. The Hall–Kier alpha value is -3.32. The van der Waals surface area contributed by atoms with Gasteiger partial charge in [-0.05, 0) is 49.7 Å². The fourth-order valence-corrected chi connectivity index (χ4v) is 3.87. The van der Waals surface area contributed by atoms with Gasteiger partial charge < -0.3 is 5.32 Å². The van der Waals surface area contributed by atoms with Crippen molar-refractivity contribution in [1.82, 2.24) is 20.3 Å². The average Bonchev–Trinajstić information content (AvgIpc) is 3.10. The molecule has 0 saturated carbocycles. The van der Waals surface area contributed by atoms with Gasteiger partial charge in [-0.2, -0.15) is 0 Å². The van der Waals surface area contributed by atoms with Gasteiger partial charge in [0, 0.05) is 35.8 Å². The quantitative estimate of drug-likeness (QED) is 0.522. The molecular formula is C21H19N5OS. The summed E-state index contributed by atoms with van der Waals surface area (Å²) in [5.74, 6) is 0. The van der Waals surface area contributed by atoms with Gasteiger partial charge in [-0.3, -0.25) is 15.3 Å². The first-order valence-corrected chi connectivity index (χ1v) is 9.79. The van der Waals surface area contributed by atoms with Crippen LogP contribution in [0.3, 0.4) is 0 Å². The van der Waals surface area contributed by atoms with E-state index in [2.05, 4.69) is 31.7 Å². The molecular weight excluding hydrogens is 370 g/mol. The first kappa shape index (κ1) is 18.1. The van der Waals surface area contributed by atoms with Crippen molar-refractivity contribution in [2.75, 3.05) is 11.9 Å². The van der Waals surface area contributed by atoms with Crippen LogP contribution in [0, 0.1) is 6.92 Å². The molecule has 28 heavy (non-hydrogen) atoms. The lowest BCUT2D eigenvalue weighted by molar-refractivity contribution is 0.252. The molecule has 0 aliphatic heterocycles. The van der Waals surface area contributed by atoms with E-state index in [1.54, 1.807) is 6.20 Å². The Morgan fingerprint density at radius 3 is 2.71 bits per heavy atom. The van der Waals surface area contributed by atoms with Gasteiger partial charge in [-0.1, -0.05) is 23.5 Å². The first-order valence-electron chi connectivity index (χ1n) is 8.98. The van der Waals surface area contributed by atoms with Crippen LogP contribution in [-0.2, 0) is 0 Å². The molecule has 0 bridgehead atoms. The number of hydrogen-bond acceptors (Lipinski definition) is 5. The van der Waals surface area contributed by atoms with Gasteiger partial charge in [0.15, 0.2) is 5.13 Å². The highest BCUT2D eigenvalue weighted by Crippen LogP contribution is 2.38. The van der Waals surface area contributed by atoms with Crippen LogP contribution in [0.4, 0.5) is 9.93 Å². The molecule has 4 rings (SSSR count). The molecule has 6 nitrogen and oxygen atoms in total. The number of nitrogens with one attached hydrogen (secondary N) is 2. The van der Waals surface area contributed by atoms with Crippen LogP contribution in [0.25, 0.3) is 32.6 Å². The third-order valence-electron chi connectivity index (χ3n) is 4.23. The van der Waals surface area contributed by atoms with Crippen molar-refractivity contribution in [3.8, 4) is 22.4 Å². The van der Waals surface area contributed by atoms with Crippen LogP contribution >= 0.6 is 11.3 Å². The van der Waals surface area contributed by atoms with Crippen molar-refractivity contribution < 1.29 is 4.79 Å². The largest absolute Gasteiger partial charge is 0.338 e. The summed E-state index contributed by atoms with van der Waals surface area (Å²) < 4.78 is 0.981. The van der Waals surface area contributed by atoms with E-state index >= 15 is 0 Å². The molecule has 0 aliphatic carbocycles. The lowest BCUT2D eigenvalue weighted by Crippen LogP contribution is -2.28. The molecule has 0 fully saturated rings. The maximum absolute atomic E-state index is 11.9. The Balaban J connectivity index is 1.86. The minimum absolute atomic E-state index is 0.260. The first-order chi connectivity index (χ1) is 13.6. The fraction of sp³-hybridized carbons (Fsp3) is 0.143.